The normalized spacial score (nSPS) is 17.5. The van der Waals surface area contributed by atoms with E-state index in [0.717, 1.165) is 11.5 Å². The second kappa shape index (κ2) is 3.38. The second-order valence-electron chi connectivity index (χ2n) is 3.29. The van der Waals surface area contributed by atoms with Crippen LogP contribution in [0.1, 0.15) is 29.9 Å². The fraction of sp³-hybridized carbons (Fsp3) is 0.300. The molecule has 3 heteroatoms. The monoisotopic (exact) mass is 195 g/mol. The van der Waals surface area contributed by atoms with Crippen LogP contribution in [0.3, 0.4) is 0 Å². The van der Waals surface area contributed by atoms with Gasteiger partial charge in [-0.1, -0.05) is 41.0 Å². The molecule has 0 atom stereocenters. The van der Waals surface area contributed by atoms with Crippen LogP contribution >= 0.6 is 11.6 Å². The molecule has 1 fully saturated rings. The van der Waals surface area contributed by atoms with Crippen LogP contribution in [0.25, 0.3) is 0 Å². The smallest absolute Gasteiger partial charge is 0.175 e. The summed E-state index contributed by atoms with van der Waals surface area (Å²) in [5.74, 6) is 0.749. The van der Waals surface area contributed by atoms with Crippen LogP contribution in [0.2, 0.25) is 0 Å². The van der Waals surface area contributed by atoms with Crippen molar-refractivity contribution in [3.63, 3.8) is 0 Å². The number of rotatable bonds is 2. The molecule has 68 valence electrons. The average Bonchev–Trinajstić information content (AvgIpc) is 3.00. The summed E-state index contributed by atoms with van der Waals surface area (Å²) in [6.45, 7) is 0. The Kier molecular flexibility index (Phi) is 2.23. The molecule has 1 saturated carbocycles. The first-order chi connectivity index (χ1) is 6.31. The molecule has 0 bridgehead atoms. The van der Waals surface area contributed by atoms with Gasteiger partial charge in [0, 0.05) is 5.56 Å². The van der Waals surface area contributed by atoms with Crippen LogP contribution in [0.4, 0.5) is 0 Å². The molecule has 0 heterocycles. The molecule has 0 radical (unpaired) electrons. The molecule has 0 amide bonds. The predicted molar refractivity (Wildman–Crippen MR) is 52.6 cm³/mol. The summed E-state index contributed by atoms with van der Waals surface area (Å²) < 4.78 is 0. The number of oxime groups is 1. The molecule has 0 aromatic heterocycles. The fourth-order valence-electron chi connectivity index (χ4n) is 1.37. The van der Waals surface area contributed by atoms with Crippen LogP contribution in [-0.4, -0.2) is 10.4 Å². The highest BCUT2D eigenvalue weighted by Crippen LogP contribution is 2.39. The van der Waals surface area contributed by atoms with Crippen molar-refractivity contribution in [2.45, 2.75) is 18.8 Å². The fourth-order valence-corrected chi connectivity index (χ4v) is 1.49. The Morgan fingerprint density at radius 2 is 1.92 bits per heavy atom. The van der Waals surface area contributed by atoms with E-state index in [4.69, 9.17) is 16.8 Å². The molecular formula is C10H10ClNO. The lowest BCUT2D eigenvalue weighted by Gasteiger charge is -1.99. The largest absolute Gasteiger partial charge is 0.410 e. The van der Waals surface area contributed by atoms with Crippen molar-refractivity contribution in [1.29, 1.82) is 0 Å². The Hall–Kier alpha value is -1.02. The third-order valence-electron chi connectivity index (χ3n) is 2.29. The molecule has 1 N–H and O–H groups in total. The van der Waals surface area contributed by atoms with Crippen molar-refractivity contribution in [2.24, 2.45) is 5.16 Å². The van der Waals surface area contributed by atoms with E-state index in [1.165, 1.54) is 18.4 Å². The summed E-state index contributed by atoms with van der Waals surface area (Å²) >= 11 is 5.64. The van der Waals surface area contributed by atoms with Gasteiger partial charge in [-0.3, -0.25) is 0 Å². The minimum atomic E-state index is 0.141. The van der Waals surface area contributed by atoms with Crippen LogP contribution in [0, 0.1) is 0 Å². The van der Waals surface area contributed by atoms with Crippen molar-refractivity contribution >= 4 is 16.8 Å². The Morgan fingerprint density at radius 1 is 1.31 bits per heavy atom. The maximum Gasteiger partial charge on any atom is 0.175 e. The zero-order chi connectivity index (χ0) is 9.26. The van der Waals surface area contributed by atoms with Gasteiger partial charge in [0.05, 0.1) is 0 Å². The van der Waals surface area contributed by atoms with E-state index in [1.807, 2.05) is 24.3 Å². The lowest BCUT2D eigenvalue weighted by atomic mass is 10.1. The molecule has 0 unspecified atom stereocenters. The van der Waals surface area contributed by atoms with Gasteiger partial charge in [-0.2, -0.15) is 0 Å². The molecule has 2 nitrogen and oxygen atoms in total. The molecule has 1 aromatic rings. The van der Waals surface area contributed by atoms with E-state index in [-0.39, 0.29) is 5.17 Å². The van der Waals surface area contributed by atoms with Gasteiger partial charge in [-0.15, -0.1) is 0 Å². The van der Waals surface area contributed by atoms with Crippen LogP contribution in [0.15, 0.2) is 29.4 Å². The number of hydrogen-bond acceptors (Lipinski definition) is 2. The molecule has 0 saturated heterocycles. The SMILES string of the molecule is O/N=C(/Cl)c1ccc(C2CC2)cc1. The van der Waals surface area contributed by atoms with Crippen molar-refractivity contribution in [2.75, 3.05) is 0 Å². The summed E-state index contributed by atoms with van der Waals surface area (Å²) in [5.41, 5.74) is 2.11. The third-order valence-corrected chi connectivity index (χ3v) is 2.58. The van der Waals surface area contributed by atoms with Gasteiger partial charge in [0.15, 0.2) is 5.17 Å². The zero-order valence-electron chi connectivity index (χ0n) is 7.07. The number of halogens is 1. The molecule has 2 rings (SSSR count). The van der Waals surface area contributed by atoms with Crippen molar-refractivity contribution in [3.8, 4) is 0 Å². The van der Waals surface area contributed by atoms with E-state index >= 15 is 0 Å². The highest BCUT2D eigenvalue weighted by Gasteiger charge is 2.22. The lowest BCUT2D eigenvalue weighted by Crippen LogP contribution is -1.90. The summed E-state index contributed by atoms with van der Waals surface area (Å²) in [6, 6.07) is 7.85. The van der Waals surface area contributed by atoms with Crippen LogP contribution in [-0.2, 0) is 0 Å². The minimum Gasteiger partial charge on any atom is -0.410 e. The zero-order valence-corrected chi connectivity index (χ0v) is 7.83. The topological polar surface area (TPSA) is 32.6 Å². The first-order valence-electron chi connectivity index (χ1n) is 4.29. The highest BCUT2D eigenvalue weighted by molar-refractivity contribution is 6.69. The maximum absolute atomic E-state index is 8.44. The standard InChI is InChI=1S/C10H10ClNO/c11-10(12-13)9-5-3-8(4-6-9)7-1-2-7/h3-7,13H,1-2H2/b12-10+. The van der Waals surface area contributed by atoms with Gasteiger partial charge in [-0.25, -0.2) is 0 Å². The summed E-state index contributed by atoms with van der Waals surface area (Å²) in [6.07, 6.45) is 2.59. The lowest BCUT2D eigenvalue weighted by molar-refractivity contribution is 0.321. The molecule has 1 aliphatic carbocycles. The van der Waals surface area contributed by atoms with Gasteiger partial charge in [0.1, 0.15) is 0 Å². The molecule has 1 aromatic carbocycles. The predicted octanol–water partition coefficient (Wildman–Crippen LogP) is 2.94. The summed E-state index contributed by atoms with van der Waals surface area (Å²) in [7, 11) is 0. The molecule has 0 spiro atoms. The Morgan fingerprint density at radius 3 is 2.38 bits per heavy atom. The molecular weight excluding hydrogens is 186 g/mol. The van der Waals surface area contributed by atoms with Gasteiger partial charge in [-0.05, 0) is 24.3 Å². The Bertz CT molecular complexity index is 327. The van der Waals surface area contributed by atoms with Crippen LogP contribution in [0.5, 0.6) is 0 Å². The van der Waals surface area contributed by atoms with E-state index < -0.39 is 0 Å². The minimum absolute atomic E-state index is 0.141. The van der Waals surface area contributed by atoms with E-state index in [9.17, 15) is 0 Å². The van der Waals surface area contributed by atoms with E-state index in [0.29, 0.717) is 0 Å². The second-order valence-corrected chi connectivity index (χ2v) is 3.65. The van der Waals surface area contributed by atoms with Gasteiger partial charge < -0.3 is 5.21 Å². The van der Waals surface area contributed by atoms with Crippen molar-refractivity contribution in [1.82, 2.24) is 0 Å². The first kappa shape index (κ1) is 8.57. The highest BCUT2D eigenvalue weighted by atomic mass is 35.5. The van der Waals surface area contributed by atoms with Crippen molar-refractivity contribution in [3.05, 3.63) is 35.4 Å². The third kappa shape index (κ3) is 1.83. The van der Waals surface area contributed by atoms with Gasteiger partial charge >= 0.3 is 0 Å². The van der Waals surface area contributed by atoms with E-state index in [1.54, 1.807) is 0 Å². The molecule has 1 aliphatic rings. The number of hydrogen-bond donors (Lipinski definition) is 1. The summed E-state index contributed by atoms with van der Waals surface area (Å²) in [4.78, 5) is 0. The van der Waals surface area contributed by atoms with Gasteiger partial charge in [0.25, 0.3) is 0 Å². The maximum atomic E-state index is 8.44. The first-order valence-corrected chi connectivity index (χ1v) is 4.67. The Balaban J connectivity index is 2.22. The summed E-state index contributed by atoms with van der Waals surface area (Å²) in [5, 5.41) is 11.5. The average molecular weight is 196 g/mol. The number of benzene rings is 1. The quantitative estimate of drug-likeness (QED) is 0.439. The van der Waals surface area contributed by atoms with Crippen molar-refractivity contribution < 1.29 is 5.21 Å². The van der Waals surface area contributed by atoms with Crippen LogP contribution < -0.4 is 0 Å². The number of nitrogens with zero attached hydrogens (tertiary/aromatic N) is 1. The van der Waals surface area contributed by atoms with E-state index in [2.05, 4.69) is 5.16 Å². The molecule has 0 aliphatic heterocycles. The molecule has 13 heavy (non-hydrogen) atoms. The Labute approximate surface area is 81.8 Å². The van der Waals surface area contributed by atoms with Gasteiger partial charge in [0.2, 0.25) is 0 Å².